The Kier molecular flexibility index (Phi) is 5.61. The van der Waals surface area contributed by atoms with Gasteiger partial charge in [0.1, 0.15) is 11.8 Å². The Morgan fingerprint density at radius 1 is 1.39 bits per heavy atom. The number of aromatic nitrogens is 1. The van der Waals surface area contributed by atoms with Crippen LogP contribution in [0.2, 0.25) is 0 Å². The highest BCUT2D eigenvalue weighted by atomic mass is 32.1. The number of carboxylic acid groups (broad SMARTS) is 2. The number of rotatable bonds is 7. The first-order valence-corrected chi connectivity index (χ1v) is 9.37. The monoisotopic (exact) mass is 420 g/mol. The van der Waals surface area contributed by atoms with Gasteiger partial charge in [0.15, 0.2) is 3.95 Å². The number of thiazole rings is 1. The van der Waals surface area contributed by atoms with Crippen molar-refractivity contribution in [2.75, 3.05) is 7.11 Å². The van der Waals surface area contributed by atoms with Crippen molar-refractivity contribution in [3.05, 3.63) is 32.6 Å². The van der Waals surface area contributed by atoms with Gasteiger partial charge in [-0.15, -0.1) is 11.3 Å². The van der Waals surface area contributed by atoms with Crippen LogP contribution in [0.5, 0.6) is 11.6 Å². The Hall–Kier alpha value is -2.98. The van der Waals surface area contributed by atoms with Crippen LogP contribution in [0.4, 0.5) is 5.69 Å². The van der Waals surface area contributed by atoms with E-state index in [9.17, 15) is 19.8 Å². The highest BCUT2D eigenvalue weighted by Crippen LogP contribution is 2.39. The van der Waals surface area contributed by atoms with Crippen LogP contribution in [0, 0.1) is 3.95 Å². The van der Waals surface area contributed by atoms with E-state index in [1.54, 1.807) is 31.5 Å². The number of allylic oxidation sites excluding steroid dienone is 1. The first-order valence-electron chi connectivity index (χ1n) is 8.15. The molecule has 1 aromatic carbocycles. The van der Waals surface area contributed by atoms with E-state index < -0.39 is 18.0 Å². The molecule has 3 N–H and O–H groups in total. The molecule has 2 aromatic rings. The quantitative estimate of drug-likeness (QED) is 0.583. The molecule has 0 aliphatic carbocycles. The number of aliphatic imine (C=N–C) groups is 1. The van der Waals surface area contributed by atoms with E-state index in [1.165, 1.54) is 0 Å². The maximum absolute atomic E-state index is 11.6. The number of carboxylic acids is 2. The summed E-state index contributed by atoms with van der Waals surface area (Å²) in [6.45, 7) is 0. The highest BCUT2D eigenvalue weighted by molar-refractivity contribution is 7.73. The van der Waals surface area contributed by atoms with Crippen LogP contribution in [-0.4, -0.2) is 45.1 Å². The molecule has 146 valence electrons. The standard InChI is InChI=1S/C18H16N2O6S2/c1-26-10-2-3-11-9(8-19-12(11)7-10)6-14-16(23)20(18(27)28-14)13(17(24)25)4-5-15(21)22/h2-3,6-8,13,23H,4-5H2,1H3,(H,21,22)(H,24,25)/b9-6+. The van der Waals surface area contributed by atoms with Crippen LogP contribution in [0.15, 0.2) is 23.2 Å². The molecule has 3 rings (SSSR count). The molecule has 2 heterocycles. The van der Waals surface area contributed by atoms with Gasteiger partial charge in [0.05, 0.1) is 17.7 Å². The lowest BCUT2D eigenvalue weighted by Crippen LogP contribution is -2.20. The summed E-state index contributed by atoms with van der Waals surface area (Å²) in [4.78, 5) is 27.1. The maximum Gasteiger partial charge on any atom is 0.326 e. The SMILES string of the molecule is COc1ccc2c(c1)N=C/C2=C\c1sc(=S)n(C(CCC(=O)O)C(=O)O)c1O. The Labute approximate surface area is 168 Å². The van der Waals surface area contributed by atoms with Crippen LogP contribution in [0.25, 0.3) is 11.6 Å². The largest absolute Gasteiger partial charge is 0.497 e. The predicted molar refractivity (Wildman–Crippen MR) is 107 cm³/mol. The van der Waals surface area contributed by atoms with Crippen LogP contribution < -0.4 is 4.74 Å². The van der Waals surface area contributed by atoms with Crippen molar-refractivity contribution >= 4 is 59.0 Å². The van der Waals surface area contributed by atoms with E-state index >= 15 is 0 Å². The van der Waals surface area contributed by atoms with Gasteiger partial charge in [-0.1, -0.05) is 0 Å². The molecule has 0 saturated heterocycles. The Bertz CT molecular complexity index is 1070. The second-order valence-electron chi connectivity index (χ2n) is 5.95. The second kappa shape index (κ2) is 7.95. The van der Waals surface area contributed by atoms with Crippen LogP contribution in [0.1, 0.15) is 29.3 Å². The number of hydrogen-bond donors (Lipinski definition) is 3. The molecule has 0 saturated carbocycles. The summed E-state index contributed by atoms with van der Waals surface area (Å²) >= 11 is 6.26. The number of methoxy groups -OCH3 is 1. The number of nitrogens with zero attached hydrogens (tertiary/aromatic N) is 2. The Morgan fingerprint density at radius 2 is 2.14 bits per heavy atom. The zero-order valence-electron chi connectivity index (χ0n) is 14.7. The normalized spacial score (nSPS) is 14.8. The summed E-state index contributed by atoms with van der Waals surface area (Å²) in [6, 6.07) is 4.15. The molecule has 8 nitrogen and oxygen atoms in total. The molecule has 0 amide bonds. The average molecular weight is 420 g/mol. The first kappa shape index (κ1) is 19.8. The molecule has 1 atom stereocenters. The Morgan fingerprint density at radius 3 is 2.79 bits per heavy atom. The first-order chi connectivity index (χ1) is 13.3. The topological polar surface area (TPSA) is 121 Å². The molecule has 28 heavy (non-hydrogen) atoms. The zero-order chi connectivity index (χ0) is 20.4. The molecule has 0 radical (unpaired) electrons. The van der Waals surface area contributed by atoms with Gasteiger partial charge in [0.2, 0.25) is 5.88 Å². The molecule has 0 spiro atoms. The summed E-state index contributed by atoms with van der Waals surface area (Å²) in [5, 5.41) is 28.9. The summed E-state index contributed by atoms with van der Waals surface area (Å²) in [5.41, 5.74) is 2.29. The number of hydrogen-bond acceptors (Lipinski definition) is 7. The molecule has 0 bridgehead atoms. The third-order valence-corrected chi connectivity index (χ3v) is 5.55. The van der Waals surface area contributed by atoms with Crippen molar-refractivity contribution in [3.63, 3.8) is 0 Å². The molecule has 1 unspecified atom stereocenters. The zero-order valence-corrected chi connectivity index (χ0v) is 16.3. The lowest BCUT2D eigenvalue weighted by Gasteiger charge is -2.14. The third kappa shape index (κ3) is 3.82. The van der Waals surface area contributed by atoms with Gasteiger partial charge in [-0.3, -0.25) is 14.4 Å². The van der Waals surface area contributed by atoms with Gasteiger partial charge in [-0.2, -0.15) is 0 Å². The summed E-state index contributed by atoms with van der Waals surface area (Å²) in [6.07, 6.45) is 2.76. The van der Waals surface area contributed by atoms with Crippen LogP contribution >= 0.6 is 23.6 Å². The van der Waals surface area contributed by atoms with Gasteiger partial charge in [-0.05, 0) is 36.8 Å². The molecule has 1 aliphatic rings. The number of carbonyl (C=O) groups is 2. The third-order valence-electron chi connectivity index (χ3n) is 4.22. The molecule has 1 aliphatic heterocycles. The Balaban J connectivity index is 1.98. The van der Waals surface area contributed by atoms with Gasteiger partial charge in [0.25, 0.3) is 0 Å². The minimum atomic E-state index is -1.26. The highest BCUT2D eigenvalue weighted by Gasteiger charge is 2.26. The predicted octanol–water partition coefficient (Wildman–Crippen LogP) is 3.74. The summed E-state index contributed by atoms with van der Waals surface area (Å²) < 4.78 is 6.40. The van der Waals surface area contributed by atoms with Gasteiger partial charge in [-0.25, -0.2) is 4.79 Å². The lowest BCUT2D eigenvalue weighted by atomic mass is 10.1. The van der Waals surface area contributed by atoms with Gasteiger partial charge in [0, 0.05) is 29.8 Å². The van der Waals surface area contributed by atoms with E-state index in [4.69, 9.17) is 22.1 Å². The van der Waals surface area contributed by atoms with Crippen LogP contribution in [-0.2, 0) is 9.59 Å². The van der Waals surface area contributed by atoms with Gasteiger partial charge < -0.3 is 20.1 Å². The fourth-order valence-electron chi connectivity index (χ4n) is 2.84. The number of ether oxygens (including phenoxy) is 1. The number of fused-ring (bicyclic) bond motifs is 1. The summed E-state index contributed by atoms with van der Waals surface area (Å²) in [7, 11) is 1.56. The van der Waals surface area contributed by atoms with Crippen molar-refractivity contribution in [1.29, 1.82) is 0 Å². The van der Waals surface area contributed by atoms with E-state index in [-0.39, 0.29) is 22.7 Å². The van der Waals surface area contributed by atoms with Crippen molar-refractivity contribution in [2.45, 2.75) is 18.9 Å². The summed E-state index contributed by atoms with van der Waals surface area (Å²) in [5.74, 6) is -2.02. The molecule has 1 aromatic heterocycles. The van der Waals surface area contributed by atoms with E-state index in [0.29, 0.717) is 10.6 Å². The second-order valence-corrected chi connectivity index (χ2v) is 7.63. The maximum atomic E-state index is 11.6. The van der Waals surface area contributed by atoms with Crippen molar-refractivity contribution < 1.29 is 29.6 Å². The van der Waals surface area contributed by atoms with Crippen molar-refractivity contribution in [1.82, 2.24) is 4.57 Å². The fraction of sp³-hybridized carbons (Fsp3) is 0.222. The molecular weight excluding hydrogens is 404 g/mol. The number of benzene rings is 1. The smallest absolute Gasteiger partial charge is 0.326 e. The van der Waals surface area contributed by atoms with Crippen molar-refractivity contribution in [3.8, 4) is 11.6 Å². The van der Waals surface area contributed by atoms with E-state index in [0.717, 1.165) is 32.7 Å². The van der Waals surface area contributed by atoms with E-state index in [2.05, 4.69) is 4.99 Å². The molecule has 10 heteroatoms. The van der Waals surface area contributed by atoms with Crippen molar-refractivity contribution in [2.24, 2.45) is 4.99 Å². The fourth-order valence-corrected chi connectivity index (χ4v) is 4.20. The van der Waals surface area contributed by atoms with E-state index in [1.807, 2.05) is 6.07 Å². The minimum absolute atomic E-state index is 0.145. The minimum Gasteiger partial charge on any atom is -0.497 e. The van der Waals surface area contributed by atoms with Crippen LogP contribution in [0.3, 0.4) is 0 Å². The molecule has 0 fully saturated rings. The van der Waals surface area contributed by atoms with Gasteiger partial charge >= 0.3 is 11.9 Å². The molecular formula is C18H16N2O6S2. The number of aromatic hydroxyl groups is 1. The average Bonchev–Trinajstić information content (AvgIpc) is 3.16. The number of aliphatic carboxylic acids is 2. The lowest BCUT2D eigenvalue weighted by molar-refractivity contribution is -0.142.